The van der Waals surface area contributed by atoms with Gasteiger partial charge in [-0.1, -0.05) is 59.7 Å². The summed E-state index contributed by atoms with van der Waals surface area (Å²) in [6, 6.07) is 5.73. The van der Waals surface area contributed by atoms with E-state index >= 15 is 0 Å². The number of anilines is 1. The zero-order chi connectivity index (χ0) is 18.1. The fourth-order valence-electron chi connectivity index (χ4n) is 3.10. The van der Waals surface area contributed by atoms with Gasteiger partial charge in [-0.25, -0.2) is 0 Å². The maximum Gasteiger partial charge on any atom is 0.267 e. The van der Waals surface area contributed by atoms with Gasteiger partial charge < -0.3 is 4.90 Å². The number of carbonyl (C=O) groups excluding carboxylic acids is 2. The van der Waals surface area contributed by atoms with Crippen molar-refractivity contribution in [1.82, 2.24) is 4.90 Å². The number of unbranched alkanes of at least 4 members (excludes halogenated alkanes) is 2. The lowest BCUT2D eigenvalue weighted by Crippen LogP contribution is -2.30. The van der Waals surface area contributed by atoms with Crippen LogP contribution in [0.1, 0.15) is 38.7 Å². The number of likely N-dealkylation sites (N-methyl/N-ethyl adjacent to an activating group) is 1. The first-order chi connectivity index (χ1) is 12.0. The summed E-state index contributed by atoms with van der Waals surface area (Å²) in [5.41, 5.74) is 2.13. The van der Waals surface area contributed by atoms with Gasteiger partial charge in [-0.3, -0.25) is 14.5 Å². The lowest BCUT2D eigenvalue weighted by molar-refractivity contribution is -0.122. The molecular weight excluding hydrogens is 420 g/mol. The second kappa shape index (κ2) is 7.60. The van der Waals surface area contributed by atoms with Crippen LogP contribution in [0.3, 0.4) is 0 Å². The topological polar surface area (TPSA) is 40.6 Å². The van der Waals surface area contributed by atoms with E-state index in [0.29, 0.717) is 27.9 Å². The number of thiocarbonyl (C=S) groups is 1. The van der Waals surface area contributed by atoms with Gasteiger partial charge in [0.15, 0.2) is 0 Å². The lowest BCUT2D eigenvalue weighted by atomic mass is 10.1. The highest BCUT2D eigenvalue weighted by Gasteiger charge is 2.41. The average molecular weight is 439 g/mol. The lowest BCUT2D eigenvalue weighted by Gasteiger charge is -2.14. The zero-order valence-electron chi connectivity index (χ0n) is 14.2. The third-order valence-electron chi connectivity index (χ3n) is 4.36. The number of thioether (sulfide) groups is 1. The Bertz CT molecular complexity index is 791. The monoisotopic (exact) mass is 438 g/mol. The summed E-state index contributed by atoms with van der Waals surface area (Å²) in [5.74, 6) is -0.261. The summed E-state index contributed by atoms with van der Waals surface area (Å²) >= 11 is 10.1. The molecule has 25 heavy (non-hydrogen) atoms. The van der Waals surface area contributed by atoms with Gasteiger partial charge in [-0.2, -0.15) is 0 Å². The number of carbonyl (C=O) groups is 2. The number of fused-ring (bicyclic) bond motifs is 1. The van der Waals surface area contributed by atoms with Gasteiger partial charge >= 0.3 is 0 Å². The molecule has 0 atom stereocenters. The van der Waals surface area contributed by atoms with Crippen LogP contribution in [0.5, 0.6) is 0 Å². The minimum absolute atomic E-state index is 0.121. The van der Waals surface area contributed by atoms with Crippen molar-refractivity contribution in [3.8, 4) is 0 Å². The molecular formula is C18H19BrN2O2S2. The first-order valence-electron chi connectivity index (χ1n) is 8.39. The van der Waals surface area contributed by atoms with Crippen molar-refractivity contribution in [2.75, 3.05) is 18.0 Å². The van der Waals surface area contributed by atoms with E-state index < -0.39 is 0 Å². The largest absolute Gasteiger partial charge is 0.308 e. The van der Waals surface area contributed by atoms with Gasteiger partial charge in [0.25, 0.3) is 11.8 Å². The molecule has 3 rings (SSSR count). The SMILES string of the molecule is CCCCCN1C(=O)C(=C2C(=O)N(CC)c3ccc(Br)cc32)SC1=S. The van der Waals surface area contributed by atoms with Crippen molar-refractivity contribution >= 4 is 67.3 Å². The molecule has 7 heteroatoms. The van der Waals surface area contributed by atoms with Crippen molar-refractivity contribution < 1.29 is 9.59 Å². The van der Waals surface area contributed by atoms with Crippen LogP contribution < -0.4 is 4.90 Å². The molecule has 2 aliphatic rings. The number of halogens is 1. The highest BCUT2D eigenvalue weighted by molar-refractivity contribution is 9.10. The number of rotatable bonds is 5. The highest BCUT2D eigenvalue weighted by Crippen LogP contribution is 2.45. The van der Waals surface area contributed by atoms with E-state index in [1.54, 1.807) is 9.80 Å². The molecule has 0 saturated carbocycles. The van der Waals surface area contributed by atoms with Gasteiger partial charge in [0.1, 0.15) is 4.32 Å². The summed E-state index contributed by atoms with van der Waals surface area (Å²) in [4.78, 5) is 29.7. The Morgan fingerprint density at radius 2 is 1.88 bits per heavy atom. The predicted octanol–water partition coefficient (Wildman–Crippen LogP) is 4.58. The fourth-order valence-corrected chi connectivity index (χ4v) is 4.84. The maximum absolute atomic E-state index is 12.9. The normalized spacial score (nSPS) is 20.0. The van der Waals surface area contributed by atoms with Crippen molar-refractivity contribution in [2.24, 2.45) is 0 Å². The summed E-state index contributed by atoms with van der Waals surface area (Å²) in [5, 5.41) is 0. The molecule has 2 heterocycles. The summed E-state index contributed by atoms with van der Waals surface area (Å²) in [7, 11) is 0. The van der Waals surface area contributed by atoms with Crippen LogP contribution >= 0.6 is 39.9 Å². The van der Waals surface area contributed by atoms with Gasteiger partial charge in [0.05, 0.1) is 16.2 Å². The number of amides is 2. The highest BCUT2D eigenvalue weighted by atomic mass is 79.9. The van der Waals surface area contributed by atoms with Crippen LogP contribution in [0, 0.1) is 0 Å². The van der Waals surface area contributed by atoms with Crippen LogP contribution in [-0.2, 0) is 9.59 Å². The molecule has 0 bridgehead atoms. The third kappa shape index (κ3) is 3.29. The van der Waals surface area contributed by atoms with Crippen LogP contribution in [-0.4, -0.2) is 34.1 Å². The summed E-state index contributed by atoms with van der Waals surface area (Å²) in [6.45, 7) is 5.24. The molecule has 0 unspecified atom stereocenters. The molecule has 2 amide bonds. The molecule has 0 radical (unpaired) electrons. The van der Waals surface area contributed by atoms with E-state index in [0.717, 1.165) is 35.0 Å². The van der Waals surface area contributed by atoms with Crippen molar-refractivity contribution in [3.63, 3.8) is 0 Å². The Morgan fingerprint density at radius 3 is 2.56 bits per heavy atom. The van der Waals surface area contributed by atoms with Crippen molar-refractivity contribution in [2.45, 2.75) is 33.1 Å². The van der Waals surface area contributed by atoms with Gasteiger partial charge in [-0.05, 0) is 31.5 Å². The second-order valence-corrected chi connectivity index (χ2v) is 8.51. The molecule has 0 N–H and O–H groups in total. The van der Waals surface area contributed by atoms with Crippen LogP contribution in [0.2, 0.25) is 0 Å². The Kier molecular flexibility index (Phi) is 5.65. The van der Waals surface area contributed by atoms with E-state index in [9.17, 15) is 9.59 Å². The fraction of sp³-hybridized carbons (Fsp3) is 0.389. The van der Waals surface area contributed by atoms with E-state index in [1.165, 1.54) is 11.8 Å². The van der Waals surface area contributed by atoms with E-state index in [-0.39, 0.29) is 11.8 Å². The molecule has 1 aromatic carbocycles. The Labute approximate surface area is 165 Å². The molecule has 0 aliphatic carbocycles. The number of hydrogen-bond acceptors (Lipinski definition) is 4. The second-order valence-electron chi connectivity index (χ2n) is 5.95. The minimum atomic E-state index is -0.140. The molecule has 1 saturated heterocycles. The van der Waals surface area contributed by atoms with Crippen LogP contribution in [0.15, 0.2) is 27.6 Å². The van der Waals surface area contributed by atoms with E-state index in [1.807, 2.05) is 25.1 Å². The first kappa shape index (κ1) is 18.6. The first-order valence-corrected chi connectivity index (χ1v) is 10.4. The average Bonchev–Trinajstić information content (AvgIpc) is 3.01. The quantitative estimate of drug-likeness (QED) is 0.383. The molecule has 4 nitrogen and oxygen atoms in total. The molecule has 132 valence electrons. The Morgan fingerprint density at radius 1 is 1.12 bits per heavy atom. The van der Waals surface area contributed by atoms with Crippen LogP contribution in [0.4, 0.5) is 5.69 Å². The van der Waals surface area contributed by atoms with Crippen molar-refractivity contribution in [1.29, 1.82) is 0 Å². The predicted molar refractivity (Wildman–Crippen MR) is 111 cm³/mol. The minimum Gasteiger partial charge on any atom is -0.308 e. The van der Waals surface area contributed by atoms with Crippen molar-refractivity contribution in [3.05, 3.63) is 33.1 Å². The molecule has 2 aliphatic heterocycles. The number of hydrogen-bond donors (Lipinski definition) is 0. The Hall–Kier alpha value is -1.18. The smallest absolute Gasteiger partial charge is 0.267 e. The van der Waals surface area contributed by atoms with E-state index in [2.05, 4.69) is 22.9 Å². The molecule has 1 aromatic rings. The van der Waals surface area contributed by atoms with E-state index in [4.69, 9.17) is 12.2 Å². The maximum atomic E-state index is 12.9. The summed E-state index contributed by atoms with van der Waals surface area (Å²) in [6.07, 6.45) is 3.06. The number of benzene rings is 1. The summed E-state index contributed by atoms with van der Waals surface area (Å²) < 4.78 is 1.43. The third-order valence-corrected chi connectivity index (χ3v) is 6.30. The van der Waals surface area contributed by atoms with Gasteiger partial charge in [0, 0.05) is 23.1 Å². The standard InChI is InChI=1S/C18H19BrN2O2S2/c1-3-5-6-9-21-17(23)15(25-18(21)24)14-12-10-11(19)7-8-13(12)20(4-2)16(14)22/h7-8,10H,3-6,9H2,1-2H3. The van der Waals surface area contributed by atoms with Gasteiger partial charge in [0.2, 0.25) is 0 Å². The molecule has 1 fully saturated rings. The zero-order valence-corrected chi connectivity index (χ0v) is 17.4. The number of nitrogens with zero attached hydrogens (tertiary/aromatic N) is 2. The molecule has 0 spiro atoms. The van der Waals surface area contributed by atoms with Gasteiger partial charge in [-0.15, -0.1) is 0 Å². The Balaban J connectivity index is 2.03. The molecule has 0 aromatic heterocycles. The van der Waals surface area contributed by atoms with Crippen LogP contribution in [0.25, 0.3) is 5.57 Å².